The highest BCUT2D eigenvalue weighted by atomic mass is 35.5. The molecule has 0 unspecified atom stereocenters. The van der Waals surface area contributed by atoms with Gasteiger partial charge in [0.2, 0.25) is 10.0 Å². The van der Waals surface area contributed by atoms with Crippen molar-refractivity contribution in [1.82, 2.24) is 4.72 Å². The zero-order valence-corrected chi connectivity index (χ0v) is 12.1. The molecule has 100 valence electrons. The summed E-state index contributed by atoms with van der Waals surface area (Å²) in [5.41, 5.74) is 6.87. The van der Waals surface area contributed by atoms with Crippen LogP contribution in [0.4, 0.5) is 5.69 Å². The average Bonchev–Trinajstić information content (AvgIpc) is 2.22. The van der Waals surface area contributed by atoms with Gasteiger partial charge in [-0.05, 0) is 18.2 Å². The van der Waals surface area contributed by atoms with Crippen LogP contribution in [0.25, 0.3) is 0 Å². The monoisotopic (exact) mass is 307 g/mol. The van der Waals surface area contributed by atoms with E-state index in [1.54, 1.807) is 18.2 Å². The van der Waals surface area contributed by atoms with Gasteiger partial charge in [-0.1, -0.05) is 23.8 Å². The Balaban J connectivity index is 2.54. The van der Waals surface area contributed by atoms with E-state index in [1.165, 1.54) is 0 Å². The van der Waals surface area contributed by atoms with E-state index in [0.29, 0.717) is 23.7 Å². The number of sulfonamides is 1. The third-order valence-corrected chi connectivity index (χ3v) is 3.31. The Bertz CT molecular complexity index is 546. The molecule has 0 aromatic heterocycles. The van der Waals surface area contributed by atoms with Gasteiger partial charge in [-0.25, -0.2) is 13.1 Å². The van der Waals surface area contributed by atoms with Gasteiger partial charge in [-0.3, -0.25) is 0 Å². The number of nitrogens with one attached hydrogen (secondary N) is 2. The lowest BCUT2D eigenvalue weighted by Gasteiger charge is -2.09. The first-order chi connectivity index (χ1) is 8.29. The molecule has 0 aliphatic carbocycles. The molecule has 0 bridgehead atoms. The van der Waals surface area contributed by atoms with Crippen LogP contribution in [-0.2, 0) is 10.0 Å². The zero-order chi connectivity index (χ0) is 13.8. The summed E-state index contributed by atoms with van der Waals surface area (Å²) >= 11 is 10.8. The van der Waals surface area contributed by atoms with Crippen LogP contribution < -0.4 is 15.8 Å². The lowest BCUT2D eigenvalue weighted by molar-refractivity contribution is 0.589. The molecule has 0 aliphatic rings. The minimum Gasteiger partial charge on any atom is -0.389 e. The molecule has 0 aliphatic heterocycles. The molecule has 18 heavy (non-hydrogen) atoms. The van der Waals surface area contributed by atoms with Crippen molar-refractivity contribution in [3.8, 4) is 0 Å². The quantitative estimate of drug-likeness (QED) is 0.538. The average molecular weight is 308 g/mol. The molecule has 0 saturated carbocycles. The third kappa shape index (κ3) is 5.18. The number of thiocarbonyl (C=S) groups is 1. The maximum absolute atomic E-state index is 10.8. The fraction of sp³-hybridized carbons (Fsp3) is 0.300. The molecule has 4 N–H and O–H groups in total. The summed E-state index contributed by atoms with van der Waals surface area (Å²) in [6.45, 7) is 0.753. The highest BCUT2D eigenvalue weighted by Gasteiger charge is 2.04. The third-order valence-electron chi connectivity index (χ3n) is 2.05. The Hall–Kier alpha value is -0.890. The van der Waals surface area contributed by atoms with Crippen molar-refractivity contribution < 1.29 is 8.42 Å². The van der Waals surface area contributed by atoms with E-state index >= 15 is 0 Å². The van der Waals surface area contributed by atoms with Crippen LogP contribution in [0, 0.1) is 0 Å². The van der Waals surface area contributed by atoms with Gasteiger partial charge in [0.05, 0.1) is 11.3 Å². The molecular weight excluding hydrogens is 294 g/mol. The second-order valence-corrected chi connectivity index (χ2v) is 6.33. The Morgan fingerprint density at radius 2 is 2.11 bits per heavy atom. The molecule has 0 amide bonds. The van der Waals surface area contributed by atoms with E-state index in [4.69, 9.17) is 29.6 Å². The maximum atomic E-state index is 10.8. The second kappa shape index (κ2) is 6.33. The molecule has 0 fully saturated rings. The lowest BCUT2D eigenvalue weighted by Crippen LogP contribution is -2.27. The smallest absolute Gasteiger partial charge is 0.208 e. The number of anilines is 1. The molecule has 0 saturated heterocycles. The SMILES string of the molecule is CS(=O)(=O)NCCNc1ccc(C(N)=S)c(Cl)c1. The summed E-state index contributed by atoms with van der Waals surface area (Å²) < 4.78 is 24.0. The largest absolute Gasteiger partial charge is 0.389 e. The van der Waals surface area contributed by atoms with Crippen LogP contribution in [-0.4, -0.2) is 32.8 Å². The first-order valence-corrected chi connectivity index (χ1v) is 7.75. The van der Waals surface area contributed by atoms with Crippen molar-refractivity contribution in [1.29, 1.82) is 0 Å². The van der Waals surface area contributed by atoms with Crippen molar-refractivity contribution in [2.24, 2.45) is 5.73 Å². The Kier molecular flexibility index (Phi) is 5.33. The number of hydrogen-bond donors (Lipinski definition) is 3. The van der Waals surface area contributed by atoms with E-state index < -0.39 is 10.0 Å². The summed E-state index contributed by atoms with van der Waals surface area (Å²) in [5, 5.41) is 3.49. The molecule has 0 spiro atoms. The first kappa shape index (κ1) is 15.2. The van der Waals surface area contributed by atoms with E-state index in [1.807, 2.05) is 0 Å². The van der Waals surface area contributed by atoms with Gasteiger partial charge in [0.15, 0.2) is 0 Å². The normalized spacial score (nSPS) is 11.2. The highest BCUT2D eigenvalue weighted by Crippen LogP contribution is 2.20. The molecule has 1 rings (SSSR count). The summed E-state index contributed by atoms with van der Waals surface area (Å²) in [7, 11) is -3.15. The lowest BCUT2D eigenvalue weighted by atomic mass is 10.2. The molecule has 0 atom stereocenters. The molecule has 5 nitrogen and oxygen atoms in total. The van der Waals surface area contributed by atoms with Crippen molar-refractivity contribution in [2.45, 2.75) is 0 Å². The predicted molar refractivity (Wildman–Crippen MR) is 78.7 cm³/mol. The number of nitrogens with two attached hydrogens (primary N) is 1. The fourth-order valence-electron chi connectivity index (χ4n) is 1.27. The van der Waals surface area contributed by atoms with Crippen LogP contribution in [0.3, 0.4) is 0 Å². The van der Waals surface area contributed by atoms with Gasteiger partial charge in [0.25, 0.3) is 0 Å². The van der Waals surface area contributed by atoms with Gasteiger partial charge in [0, 0.05) is 24.3 Å². The minimum atomic E-state index is -3.15. The molecule has 0 radical (unpaired) electrons. The standard InChI is InChI=1S/C10H14ClN3O2S2/c1-18(15,16)14-5-4-13-7-2-3-8(10(12)17)9(11)6-7/h2-3,6,13-14H,4-5H2,1H3,(H2,12,17). The second-order valence-electron chi connectivity index (χ2n) is 3.65. The van der Waals surface area contributed by atoms with E-state index in [2.05, 4.69) is 10.0 Å². The van der Waals surface area contributed by atoms with Crippen LogP contribution in [0.2, 0.25) is 5.02 Å². The summed E-state index contributed by atoms with van der Waals surface area (Å²) in [5.74, 6) is 0. The molecule has 8 heteroatoms. The topological polar surface area (TPSA) is 84.2 Å². The van der Waals surface area contributed by atoms with Crippen LogP contribution in [0.1, 0.15) is 5.56 Å². The van der Waals surface area contributed by atoms with Crippen molar-refractivity contribution >= 4 is 44.5 Å². The van der Waals surface area contributed by atoms with Gasteiger partial charge in [0.1, 0.15) is 4.99 Å². The molecular formula is C10H14ClN3O2S2. The van der Waals surface area contributed by atoms with Gasteiger partial charge in [-0.15, -0.1) is 0 Å². The van der Waals surface area contributed by atoms with E-state index in [9.17, 15) is 8.42 Å². The predicted octanol–water partition coefficient (Wildman–Crippen LogP) is 0.935. The highest BCUT2D eigenvalue weighted by molar-refractivity contribution is 7.88. The Morgan fingerprint density at radius 3 is 2.61 bits per heavy atom. The van der Waals surface area contributed by atoms with Crippen molar-refractivity contribution in [3.63, 3.8) is 0 Å². The van der Waals surface area contributed by atoms with Crippen LogP contribution in [0.5, 0.6) is 0 Å². The molecule has 0 heterocycles. The zero-order valence-electron chi connectivity index (χ0n) is 9.73. The van der Waals surface area contributed by atoms with Gasteiger partial charge >= 0.3 is 0 Å². The number of halogens is 1. The Labute approximate surface area is 117 Å². The van der Waals surface area contributed by atoms with Crippen LogP contribution in [0.15, 0.2) is 18.2 Å². The minimum absolute atomic E-state index is 0.241. The Morgan fingerprint density at radius 1 is 1.44 bits per heavy atom. The van der Waals surface area contributed by atoms with Crippen molar-refractivity contribution in [3.05, 3.63) is 28.8 Å². The van der Waals surface area contributed by atoms with E-state index in [-0.39, 0.29) is 4.99 Å². The maximum Gasteiger partial charge on any atom is 0.208 e. The number of hydrogen-bond acceptors (Lipinski definition) is 4. The van der Waals surface area contributed by atoms with Crippen LogP contribution >= 0.6 is 23.8 Å². The summed E-state index contributed by atoms with van der Waals surface area (Å²) in [6.07, 6.45) is 1.11. The van der Waals surface area contributed by atoms with Crippen molar-refractivity contribution in [2.75, 3.05) is 24.7 Å². The number of rotatable bonds is 6. The summed E-state index contributed by atoms with van der Waals surface area (Å²) in [6, 6.07) is 5.19. The van der Waals surface area contributed by atoms with E-state index in [0.717, 1.165) is 11.9 Å². The van der Waals surface area contributed by atoms with Gasteiger partial charge in [-0.2, -0.15) is 0 Å². The first-order valence-electron chi connectivity index (χ1n) is 5.07. The van der Waals surface area contributed by atoms with Gasteiger partial charge < -0.3 is 11.1 Å². The molecule has 1 aromatic carbocycles. The number of benzene rings is 1. The molecule has 1 aromatic rings. The fourth-order valence-corrected chi connectivity index (χ4v) is 2.26. The summed E-state index contributed by atoms with van der Waals surface area (Å²) in [4.78, 5) is 0.241.